The Morgan fingerprint density at radius 2 is 1.76 bits per heavy atom. The lowest BCUT2D eigenvalue weighted by Gasteiger charge is -2.35. The van der Waals surface area contributed by atoms with Crippen molar-refractivity contribution >= 4 is 46.3 Å². The Labute approximate surface area is 196 Å². The summed E-state index contributed by atoms with van der Waals surface area (Å²) in [5.41, 5.74) is 0.154. The highest BCUT2D eigenvalue weighted by Gasteiger charge is 2.32. The average Bonchev–Trinajstić information content (AvgIpc) is 3.34. The fourth-order valence-corrected chi connectivity index (χ4v) is 4.32. The lowest BCUT2D eigenvalue weighted by Crippen LogP contribution is -2.49. The smallest absolute Gasteiger partial charge is 0.352 e. The first-order valence-corrected chi connectivity index (χ1v) is 11.2. The average molecular weight is 495 g/mol. The zero-order valence-corrected chi connectivity index (χ0v) is 18.7. The van der Waals surface area contributed by atoms with E-state index in [9.17, 15) is 22.8 Å². The minimum Gasteiger partial charge on any atom is -0.352 e. The van der Waals surface area contributed by atoms with Gasteiger partial charge < -0.3 is 15.1 Å². The van der Waals surface area contributed by atoms with Gasteiger partial charge in [-0.3, -0.25) is 9.59 Å². The van der Waals surface area contributed by atoms with Crippen molar-refractivity contribution in [1.82, 2.24) is 9.88 Å². The molecule has 1 saturated heterocycles. The molecule has 3 heterocycles. The number of nitrogens with one attached hydrogen (secondary N) is 1. The lowest BCUT2D eigenvalue weighted by atomic mass is 10.1. The summed E-state index contributed by atoms with van der Waals surface area (Å²) in [5, 5.41) is 4.52. The number of pyridine rings is 1. The highest BCUT2D eigenvalue weighted by Crippen LogP contribution is 2.33. The minimum absolute atomic E-state index is 0.0789. The Hall–Kier alpha value is -3.11. The Kier molecular flexibility index (Phi) is 6.57. The molecule has 0 atom stereocenters. The van der Waals surface area contributed by atoms with E-state index < -0.39 is 11.7 Å². The number of amides is 2. The maximum Gasteiger partial charge on any atom is 0.417 e. The molecule has 6 nitrogen and oxygen atoms in total. The van der Waals surface area contributed by atoms with Gasteiger partial charge in [0.05, 0.1) is 15.5 Å². The number of rotatable bonds is 4. The largest absolute Gasteiger partial charge is 0.417 e. The van der Waals surface area contributed by atoms with Crippen molar-refractivity contribution in [2.45, 2.75) is 6.18 Å². The SMILES string of the molecule is O=C(Nc1ccc(C(=O)N2CCN(c3ncc(C(F)(F)F)cc3Cl)CC2)cc1)c1cccs1. The standard InChI is InChI=1S/C22H18ClF3N4O2S/c23-17-12-15(22(24,25)26)13-27-19(17)29-7-9-30(10-8-29)21(32)14-3-5-16(6-4-14)28-20(31)18-2-1-11-33-18/h1-6,11-13H,7-10H2,(H,28,31). The number of halogens is 4. The second kappa shape index (κ2) is 9.40. The van der Waals surface area contributed by atoms with E-state index in [1.807, 2.05) is 5.38 Å². The topological polar surface area (TPSA) is 65.5 Å². The van der Waals surface area contributed by atoms with E-state index in [1.54, 1.807) is 46.2 Å². The molecule has 4 rings (SSSR count). The van der Waals surface area contributed by atoms with Gasteiger partial charge in [-0.25, -0.2) is 4.98 Å². The summed E-state index contributed by atoms with van der Waals surface area (Å²) in [5.74, 6) is -0.115. The predicted octanol–water partition coefficient (Wildman–Crippen LogP) is 5.03. The molecule has 0 bridgehead atoms. The van der Waals surface area contributed by atoms with Crippen molar-refractivity contribution in [3.05, 3.63) is 75.1 Å². The number of nitrogens with zero attached hydrogens (tertiary/aromatic N) is 3. The Morgan fingerprint density at radius 3 is 2.33 bits per heavy atom. The van der Waals surface area contributed by atoms with Crippen LogP contribution in [0.3, 0.4) is 0 Å². The summed E-state index contributed by atoms with van der Waals surface area (Å²) in [4.78, 5) is 32.9. The fraction of sp³-hybridized carbons (Fsp3) is 0.227. The van der Waals surface area contributed by atoms with Crippen LogP contribution in [0.15, 0.2) is 54.0 Å². The summed E-state index contributed by atoms with van der Waals surface area (Å²) < 4.78 is 38.5. The summed E-state index contributed by atoms with van der Waals surface area (Å²) in [7, 11) is 0. The van der Waals surface area contributed by atoms with Crippen molar-refractivity contribution in [2.75, 3.05) is 36.4 Å². The molecule has 0 radical (unpaired) electrons. The van der Waals surface area contributed by atoms with E-state index >= 15 is 0 Å². The van der Waals surface area contributed by atoms with Crippen LogP contribution in [-0.4, -0.2) is 47.9 Å². The minimum atomic E-state index is -4.51. The first-order valence-electron chi connectivity index (χ1n) is 9.94. The first-order chi connectivity index (χ1) is 15.7. The van der Waals surface area contributed by atoms with Gasteiger partial charge in [0.25, 0.3) is 11.8 Å². The quantitative estimate of drug-likeness (QED) is 0.552. The molecule has 1 N–H and O–H groups in total. The summed E-state index contributed by atoms with van der Waals surface area (Å²) in [6, 6.07) is 11.0. The van der Waals surface area contributed by atoms with Gasteiger partial charge >= 0.3 is 6.18 Å². The van der Waals surface area contributed by atoms with Gasteiger partial charge in [0.1, 0.15) is 5.82 Å². The summed E-state index contributed by atoms with van der Waals surface area (Å²) >= 11 is 7.37. The van der Waals surface area contributed by atoms with E-state index in [0.29, 0.717) is 42.3 Å². The van der Waals surface area contributed by atoms with Gasteiger partial charge in [-0.15, -0.1) is 11.3 Å². The third-order valence-electron chi connectivity index (χ3n) is 5.15. The number of hydrogen-bond donors (Lipinski definition) is 1. The van der Waals surface area contributed by atoms with Crippen LogP contribution >= 0.6 is 22.9 Å². The molecule has 0 saturated carbocycles. The van der Waals surface area contributed by atoms with Crippen LogP contribution in [0.2, 0.25) is 5.02 Å². The van der Waals surface area contributed by atoms with Crippen LogP contribution in [0.4, 0.5) is 24.7 Å². The molecule has 0 aliphatic carbocycles. The molecule has 3 aromatic rings. The molecule has 1 aliphatic heterocycles. The van der Waals surface area contributed by atoms with E-state index in [4.69, 9.17) is 11.6 Å². The van der Waals surface area contributed by atoms with Crippen LogP contribution in [0.25, 0.3) is 0 Å². The zero-order chi connectivity index (χ0) is 23.6. The number of alkyl halides is 3. The summed E-state index contributed by atoms with van der Waals surface area (Å²) in [6.45, 7) is 1.51. The van der Waals surface area contributed by atoms with Gasteiger partial charge in [-0.2, -0.15) is 13.2 Å². The molecule has 1 fully saturated rings. The molecule has 33 heavy (non-hydrogen) atoms. The van der Waals surface area contributed by atoms with Crippen LogP contribution < -0.4 is 10.2 Å². The second-order valence-electron chi connectivity index (χ2n) is 7.32. The van der Waals surface area contributed by atoms with E-state index in [-0.39, 0.29) is 22.7 Å². The number of benzene rings is 1. The third-order valence-corrected chi connectivity index (χ3v) is 6.30. The van der Waals surface area contributed by atoms with Gasteiger partial charge in [-0.1, -0.05) is 17.7 Å². The second-order valence-corrected chi connectivity index (χ2v) is 8.67. The van der Waals surface area contributed by atoms with Crippen molar-refractivity contribution in [3.63, 3.8) is 0 Å². The molecule has 172 valence electrons. The number of carbonyl (C=O) groups is 2. The first kappa shape index (κ1) is 23.1. The number of hydrogen-bond acceptors (Lipinski definition) is 5. The van der Waals surface area contributed by atoms with Crippen molar-refractivity contribution in [1.29, 1.82) is 0 Å². The predicted molar refractivity (Wildman–Crippen MR) is 121 cm³/mol. The molecule has 1 aromatic carbocycles. The van der Waals surface area contributed by atoms with Gasteiger partial charge in [0.2, 0.25) is 0 Å². The normalized spacial score (nSPS) is 14.3. The molecular formula is C22H18ClF3N4O2S. The van der Waals surface area contributed by atoms with Gasteiger partial charge in [0.15, 0.2) is 0 Å². The third kappa shape index (κ3) is 5.28. The molecule has 0 spiro atoms. The summed E-state index contributed by atoms with van der Waals surface area (Å²) in [6.07, 6.45) is -3.75. The number of aromatic nitrogens is 1. The van der Waals surface area contributed by atoms with Crippen LogP contribution in [0, 0.1) is 0 Å². The maximum absolute atomic E-state index is 12.8. The molecule has 2 amide bonds. The highest BCUT2D eigenvalue weighted by atomic mass is 35.5. The lowest BCUT2D eigenvalue weighted by molar-refractivity contribution is -0.137. The van der Waals surface area contributed by atoms with Crippen molar-refractivity contribution in [2.24, 2.45) is 0 Å². The van der Waals surface area contributed by atoms with Crippen LogP contribution in [0.1, 0.15) is 25.6 Å². The van der Waals surface area contributed by atoms with Crippen LogP contribution in [-0.2, 0) is 6.18 Å². The molecule has 11 heteroatoms. The molecular weight excluding hydrogens is 477 g/mol. The van der Waals surface area contributed by atoms with Gasteiger partial charge in [-0.05, 0) is 41.8 Å². The number of anilines is 2. The number of carbonyl (C=O) groups excluding carboxylic acids is 2. The molecule has 2 aromatic heterocycles. The fourth-order valence-electron chi connectivity index (χ4n) is 3.42. The van der Waals surface area contributed by atoms with E-state index in [1.165, 1.54) is 11.3 Å². The van der Waals surface area contributed by atoms with Crippen molar-refractivity contribution in [3.8, 4) is 0 Å². The van der Waals surface area contributed by atoms with Crippen molar-refractivity contribution < 1.29 is 22.8 Å². The highest BCUT2D eigenvalue weighted by molar-refractivity contribution is 7.12. The van der Waals surface area contributed by atoms with E-state index in [2.05, 4.69) is 10.3 Å². The zero-order valence-electron chi connectivity index (χ0n) is 17.1. The number of thiophene rings is 1. The number of piperazine rings is 1. The van der Waals surface area contributed by atoms with Crippen LogP contribution in [0.5, 0.6) is 0 Å². The maximum atomic E-state index is 12.8. The van der Waals surface area contributed by atoms with E-state index in [0.717, 1.165) is 12.3 Å². The molecule has 0 unspecified atom stereocenters. The molecule has 1 aliphatic rings. The Bertz CT molecular complexity index is 1150. The monoisotopic (exact) mass is 494 g/mol. The Balaban J connectivity index is 1.35. The van der Waals surface area contributed by atoms with Gasteiger partial charge in [0, 0.05) is 43.6 Å². The Morgan fingerprint density at radius 1 is 1.06 bits per heavy atom.